The lowest BCUT2D eigenvalue weighted by molar-refractivity contribution is 0.198. The summed E-state index contributed by atoms with van der Waals surface area (Å²) >= 11 is 0. The number of hydrogen-bond donors (Lipinski definition) is 0. The van der Waals surface area contributed by atoms with Crippen molar-refractivity contribution >= 4 is 0 Å². The van der Waals surface area contributed by atoms with Crippen LogP contribution in [0.3, 0.4) is 0 Å². The monoisotopic (exact) mass is 233 g/mol. The van der Waals surface area contributed by atoms with Crippen molar-refractivity contribution in [2.75, 3.05) is 14.1 Å². The minimum Gasteiger partial charge on any atom is -0.300 e. The highest BCUT2D eigenvalue weighted by Crippen LogP contribution is 2.42. The van der Waals surface area contributed by atoms with Gasteiger partial charge in [-0.1, -0.05) is 37.1 Å². The molecule has 17 heavy (non-hydrogen) atoms. The normalized spacial score (nSPS) is 18.2. The zero-order valence-corrected chi connectivity index (χ0v) is 12.2. The molecule has 96 valence electrons. The third-order valence-corrected chi connectivity index (χ3v) is 4.21. The number of allylic oxidation sites excluding steroid dienone is 3. The predicted molar refractivity (Wildman–Crippen MR) is 77.2 cm³/mol. The first-order chi connectivity index (χ1) is 7.83. The molecule has 0 saturated heterocycles. The summed E-state index contributed by atoms with van der Waals surface area (Å²) in [5, 5.41) is 0. The van der Waals surface area contributed by atoms with Crippen LogP contribution >= 0.6 is 0 Å². The van der Waals surface area contributed by atoms with E-state index in [1.807, 2.05) is 0 Å². The van der Waals surface area contributed by atoms with Gasteiger partial charge in [-0.15, -0.1) is 0 Å². The Morgan fingerprint density at radius 3 is 1.65 bits per heavy atom. The third-order valence-electron chi connectivity index (χ3n) is 4.21. The van der Waals surface area contributed by atoms with Crippen molar-refractivity contribution in [3.63, 3.8) is 0 Å². The zero-order valence-electron chi connectivity index (χ0n) is 12.2. The molecule has 0 atom stereocenters. The van der Waals surface area contributed by atoms with Crippen LogP contribution in [-0.4, -0.2) is 24.5 Å². The fourth-order valence-corrected chi connectivity index (χ4v) is 3.35. The Bertz CT molecular complexity index is 336. The largest absolute Gasteiger partial charge is 0.300 e. The minimum atomic E-state index is 0.229. The maximum atomic E-state index is 4.12. The zero-order chi connectivity index (χ0) is 13.2. The third kappa shape index (κ3) is 2.55. The van der Waals surface area contributed by atoms with E-state index in [2.05, 4.69) is 52.9 Å². The summed E-state index contributed by atoms with van der Waals surface area (Å²) in [4.78, 5) is 2.39. The number of rotatable bonds is 4. The second-order valence-electron chi connectivity index (χ2n) is 5.69. The van der Waals surface area contributed by atoms with Gasteiger partial charge < -0.3 is 0 Å². The van der Waals surface area contributed by atoms with Crippen LogP contribution in [0.15, 0.2) is 35.5 Å². The van der Waals surface area contributed by atoms with Crippen LogP contribution in [-0.2, 0) is 0 Å². The second kappa shape index (κ2) is 5.22. The Hall–Kier alpha value is -0.820. The van der Waals surface area contributed by atoms with E-state index in [9.17, 15) is 0 Å². The van der Waals surface area contributed by atoms with E-state index in [0.717, 1.165) is 11.1 Å². The van der Waals surface area contributed by atoms with E-state index < -0.39 is 0 Å². The molecule has 0 amide bonds. The highest BCUT2D eigenvalue weighted by Gasteiger charge is 2.38. The lowest BCUT2D eigenvalue weighted by Gasteiger charge is -2.39. The Morgan fingerprint density at radius 2 is 1.35 bits per heavy atom. The molecule has 0 aromatic carbocycles. The standard InChI is InChI=1S/C16H27N/c1-12(2)15(13(3)4)14(5)16(17(6)7)10-8-9-11-16/h1,3,8-11H2,2,4-7H3. The van der Waals surface area contributed by atoms with E-state index in [1.54, 1.807) is 0 Å². The molecule has 1 rings (SSSR count). The van der Waals surface area contributed by atoms with Crippen LogP contribution in [0.2, 0.25) is 0 Å². The number of nitrogens with zero attached hydrogens (tertiary/aromatic N) is 1. The highest BCUT2D eigenvalue weighted by molar-refractivity contribution is 5.48. The van der Waals surface area contributed by atoms with Crippen molar-refractivity contribution in [2.24, 2.45) is 0 Å². The van der Waals surface area contributed by atoms with Gasteiger partial charge in [0.1, 0.15) is 0 Å². The molecule has 0 unspecified atom stereocenters. The molecule has 0 heterocycles. The van der Waals surface area contributed by atoms with Gasteiger partial charge in [-0.25, -0.2) is 0 Å². The van der Waals surface area contributed by atoms with Gasteiger partial charge in [-0.2, -0.15) is 0 Å². The molecular formula is C16H27N. The Morgan fingerprint density at radius 1 is 0.941 bits per heavy atom. The molecule has 1 fully saturated rings. The lowest BCUT2D eigenvalue weighted by atomic mass is 9.81. The van der Waals surface area contributed by atoms with Gasteiger partial charge in [0.25, 0.3) is 0 Å². The van der Waals surface area contributed by atoms with Gasteiger partial charge in [-0.05, 0) is 58.9 Å². The number of likely N-dealkylation sites (N-methyl/N-ethyl adjacent to an activating group) is 1. The minimum absolute atomic E-state index is 0.229. The van der Waals surface area contributed by atoms with Gasteiger partial charge in [0.15, 0.2) is 0 Å². The summed E-state index contributed by atoms with van der Waals surface area (Å²) in [7, 11) is 4.40. The van der Waals surface area contributed by atoms with Crippen LogP contribution in [0.4, 0.5) is 0 Å². The van der Waals surface area contributed by atoms with Gasteiger partial charge in [-0.3, -0.25) is 4.90 Å². The van der Waals surface area contributed by atoms with Crippen molar-refractivity contribution in [3.05, 3.63) is 35.5 Å². The average molecular weight is 233 g/mol. The van der Waals surface area contributed by atoms with E-state index in [4.69, 9.17) is 0 Å². The topological polar surface area (TPSA) is 3.24 Å². The van der Waals surface area contributed by atoms with Crippen molar-refractivity contribution in [1.82, 2.24) is 4.90 Å². The molecular weight excluding hydrogens is 206 g/mol. The summed E-state index contributed by atoms with van der Waals surface area (Å²) < 4.78 is 0. The lowest BCUT2D eigenvalue weighted by Crippen LogP contribution is -2.43. The molecule has 1 aliphatic carbocycles. The first-order valence-electron chi connectivity index (χ1n) is 6.53. The smallest absolute Gasteiger partial charge is 0.0420 e. The fraction of sp³-hybridized carbons (Fsp3) is 0.625. The van der Waals surface area contributed by atoms with Crippen LogP contribution in [0, 0.1) is 0 Å². The van der Waals surface area contributed by atoms with Gasteiger partial charge in [0, 0.05) is 5.54 Å². The van der Waals surface area contributed by atoms with Crippen molar-refractivity contribution in [1.29, 1.82) is 0 Å². The van der Waals surface area contributed by atoms with Crippen LogP contribution in [0.5, 0.6) is 0 Å². The van der Waals surface area contributed by atoms with E-state index in [-0.39, 0.29) is 5.54 Å². The molecule has 0 aromatic rings. The maximum Gasteiger partial charge on any atom is 0.0420 e. The molecule has 1 nitrogen and oxygen atoms in total. The molecule has 0 spiro atoms. The first kappa shape index (κ1) is 14.2. The van der Waals surface area contributed by atoms with Crippen molar-refractivity contribution in [3.8, 4) is 0 Å². The van der Waals surface area contributed by atoms with Gasteiger partial charge in [0.05, 0.1) is 0 Å². The molecule has 0 aliphatic heterocycles. The van der Waals surface area contributed by atoms with Crippen molar-refractivity contribution < 1.29 is 0 Å². The summed E-state index contributed by atoms with van der Waals surface area (Å²) in [5.41, 5.74) is 5.26. The average Bonchev–Trinajstić information content (AvgIpc) is 2.65. The summed E-state index contributed by atoms with van der Waals surface area (Å²) in [6.45, 7) is 14.7. The predicted octanol–water partition coefficient (Wildman–Crippen LogP) is 4.33. The molecule has 0 N–H and O–H groups in total. The first-order valence-corrected chi connectivity index (χ1v) is 6.53. The van der Waals surface area contributed by atoms with E-state index in [1.165, 1.54) is 36.8 Å². The molecule has 0 radical (unpaired) electrons. The van der Waals surface area contributed by atoms with Crippen LogP contribution < -0.4 is 0 Å². The van der Waals surface area contributed by atoms with E-state index >= 15 is 0 Å². The summed E-state index contributed by atoms with van der Waals surface area (Å²) in [5.74, 6) is 0. The van der Waals surface area contributed by atoms with Gasteiger partial charge >= 0.3 is 0 Å². The molecule has 0 aromatic heterocycles. The summed E-state index contributed by atoms with van der Waals surface area (Å²) in [6, 6.07) is 0. The van der Waals surface area contributed by atoms with Crippen molar-refractivity contribution in [2.45, 2.75) is 52.0 Å². The second-order valence-corrected chi connectivity index (χ2v) is 5.69. The molecule has 1 aliphatic rings. The van der Waals surface area contributed by atoms with Crippen LogP contribution in [0.1, 0.15) is 46.5 Å². The fourth-order valence-electron chi connectivity index (χ4n) is 3.35. The number of hydrogen-bond acceptors (Lipinski definition) is 1. The Labute approximate surface area is 107 Å². The van der Waals surface area contributed by atoms with Crippen LogP contribution in [0.25, 0.3) is 0 Å². The maximum absolute atomic E-state index is 4.12. The molecule has 0 bridgehead atoms. The SMILES string of the molecule is C=C(C)C(C(=C)C)=C(C)C1(N(C)C)CCCC1. The molecule has 1 heteroatoms. The Kier molecular flexibility index (Phi) is 4.37. The quantitative estimate of drug-likeness (QED) is 0.653. The Balaban J connectivity index is 3.31. The van der Waals surface area contributed by atoms with E-state index in [0.29, 0.717) is 0 Å². The molecule has 1 saturated carbocycles. The van der Waals surface area contributed by atoms with Gasteiger partial charge in [0.2, 0.25) is 0 Å². The highest BCUT2D eigenvalue weighted by atomic mass is 15.1. The summed E-state index contributed by atoms with van der Waals surface area (Å²) in [6.07, 6.45) is 5.18.